The van der Waals surface area contributed by atoms with Gasteiger partial charge < -0.3 is 13.7 Å². The van der Waals surface area contributed by atoms with Crippen LogP contribution in [0.15, 0.2) is 279 Å². The van der Waals surface area contributed by atoms with E-state index in [-0.39, 0.29) is 0 Å². The van der Waals surface area contributed by atoms with Gasteiger partial charge in [-0.2, -0.15) is 0 Å². The van der Waals surface area contributed by atoms with Crippen LogP contribution in [0.5, 0.6) is 0 Å². The van der Waals surface area contributed by atoms with Gasteiger partial charge in [0.1, 0.15) is 0 Å². The highest BCUT2D eigenvalue weighted by Gasteiger charge is 2.19. The van der Waals surface area contributed by atoms with Gasteiger partial charge in [-0.05, 0) is 118 Å². The summed E-state index contributed by atoms with van der Waals surface area (Å²) in [5.74, 6) is 0. The van der Waals surface area contributed by atoms with Gasteiger partial charge in [-0.25, -0.2) is 4.98 Å². The minimum atomic E-state index is 0.900. The molecule has 0 fully saturated rings. The summed E-state index contributed by atoms with van der Waals surface area (Å²) in [6, 6.07) is 101. The maximum atomic E-state index is 5.59. The normalized spacial score (nSPS) is 11.7. The number of para-hydroxylation sites is 6. The molecule has 0 saturated heterocycles. The zero-order valence-corrected chi connectivity index (χ0v) is 40.8. The predicted molar refractivity (Wildman–Crippen MR) is 314 cm³/mol. The fraction of sp³-hybridized carbons (Fsp3) is 0. The first-order chi connectivity index (χ1) is 37.2. The third kappa shape index (κ3) is 7.10. The second-order valence-electron chi connectivity index (χ2n) is 19.5. The molecule has 4 heterocycles. The van der Waals surface area contributed by atoms with Crippen LogP contribution in [0.25, 0.3) is 138 Å². The summed E-state index contributed by atoms with van der Waals surface area (Å²) in [6.07, 6.45) is 0. The molecule has 4 nitrogen and oxygen atoms in total. The molecule has 0 atom stereocenters. The topological polar surface area (TPSA) is 27.7 Å². The molecule has 0 aliphatic heterocycles. The number of hydrogen-bond donors (Lipinski definition) is 0. The van der Waals surface area contributed by atoms with E-state index in [0.29, 0.717) is 0 Å². The van der Waals surface area contributed by atoms with Crippen molar-refractivity contribution in [1.82, 2.24) is 18.7 Å². The molecule has 0 spiro atoms. The van der Waals surface area contributed by atoms with Gasteiger partial charge in [0.05, 0.1) is 44.5 Å². The van der Waals surface area contributed by atoms with Gasteiger partial charge in [0, 0.05) is 60.5 Å². The molecule has 4 heteroatoms. The van der Waals surface area contributed by atoms with E-state index in [0.717, 1.165) is 83.9 Å². The van der Waals surface area contributed by atoms with Crippen LogP contribution in [-0.4, -0.2) is 18.7 Å². The number of nitrogens with zero attached hydrogens (tertiary/aromatic N) is 4. The Hall–Kier alpha value is -10.0. The lowest BCUT2D eigenvalue weighted by Gasteiger charge is -2.17. The molecule has 350 valence electrons. The smallest absolute Gasteiger partial charge is 0.0717 e. The standard InChI is InChI=1S/C71H46N4/c1-2-17-47(18-3-1)53-44-64(50-35-33-48(34-36-50)51-19-16-20-52(41-51)49-37-39-55(40-38-49)73-66-27-10-4-21-58(66)59-22-5-11-28-67(59)73)72-65(45-53)54-42-56(74-68-29-12-6-23-60(68)61-24-7-13-30-69(61)74)46-57(43-54)75-70-31-14-8-25-62(70)63-26-9-15-32-71(63)75/h1-46H. The van der Waals surface area contributed by atoms with Gasteiger partial charge in [-0.1, -0.05) is 194 Å². The maximum absolute atomic E-state index is 5.59. The van der Waals surface area contributed by atoms with Crippen LogP contribution >= 0.6 is 0 Å². The first-order valence-electron chi connectivity index (χ1n) is 25.7. The first kappa shape index (κ1) is 42.6. The van der Waals surface area contributed by atoms with Crippen molar-refractivity contribution in [3.05, 3.63) is 279 Å². The van der Waals surface area contributed by atoms with Crippen molar-refractivity contribution < 1.29 is 0 Å². The Kier molecular flexibility index (Phi) is 9.85. The van der Waals surface area contributed by atoms with Crippen LogP contribution in [0.3, 0.4) is 0 Å². The highest BCUT2D eigenvalue weighted by Crippen LogP contribution is 2.40. The van der Waals surface area contributed by atoms with Crippen molar-refractivity contribution in [3.8, 4) is 73.0 Å². The molecule has 0 amide bonds. The Morgan fingerprint density at radius 1 is 0.187 bits per heavy atom. The largest absolute Gasteiger partial charge is 0.309 e. The number of rotatable bonds is 8. The summed E-state index contributed by atoms with van der Waals surface area (Å²) in [5.41, 5.74) is 21.2. The van der Waals surface area contributed by atoms with Crippen molar-refractivity contribution in [2.45, 2.75) is 0 Å². The van der Waals surface area contributed by atoms with Crippen molar-refractivity contribution >= 4 is 65.4 Å². The molecule has 4 aromatic heterocycles. The fourth-order valence-corrected chi connectivity index (χ4v) is 11.7. The number of pyridine rings is 1. The molecule has 0 saturated carbocycles. The highest BCUT2D eigenvalue weighted by molar-refractivity contribution is 6.11. The second-order valence-corrected chi connectivity index (χ2v) is 19.5. The van der Waals surface area contributed by atoms with Crippen molar-refractivity contribution in [3.63, 3.8) is 0 Å². The van der Waals surface area contributed by atoms with Gasteiger partial charge in [-0.15, -0.1) is 0 Å². The third-order valence-corrected chi connectivity index (χ3v) is 15.2. The van der Waals surface area contributed by atoms with Crippen molar-refractivity contribution in [2.75, 3.05) is 0 Å². The Morgan fingerprint density at radius 3 is 0.933 bits per heavy atom. The minimum absolute atomic E-state index is 0.900. The van der Waals surface area contributed by atoms with Crippen LogP contribution in [0.1, 0.15) is 0 Å². The van der Waals surface area contributed by atoms with Gasteiger partial charge in [0.25, 0.3) is 0 Å². The van der Waals surface area contributed by atoms with Crippen LogP contribution in [0, 0.1) is 0 Å². The van der Waals surface area contributed by atoms with Crippen LogP contribution in [0.2, 0.25) is 0 Å². The van der Waals surface area contributed by atoms with Gasteiger partial charge in [-0.3, -0.25) is 0 Å². The second kappa shape index (κ2) is 17.3. The summed E-state index contributed by atoms with van der Waals surface area (Å²) < 4.78 is 7.21. The monoisotopic (exact) mass is 954 g/mol. The van der Waals surface area contributed by atoms with E-state index in [4.69, 9.17) is 4.98 Å². The Balaban J connectivity index is 0.842. The number of hydrogen-bond acceptors (Lipinski definition) is 1. The lowest BCUT2D eigenvalue weighted by atomic mass is 9.96. The summed E-state index contributed by atoms with van der Waals surface area (Å²) in [5, 5.41) is 7.43. The van der Waals surface area contributed by atoms with E-state index < -0.39 is 0 Å². The van der Waals surface area contributed by atoms with E-state index in [1.807, 2.05) is 0 Å². The number of fused-ring (bicyclic) bond motifs is 9. The SMILES string of the molecule is c1ccc(-c2cc(-c3ccc(-c4cccc(-c5ccc(-n6c7ccccc7c7ccccc76)cc5)c4)cc3)nc(-c3cc(-n4c5ccccc5c5ccccc54)cc(-n4c5ccccc5c5ccccc54)c3)c2)cc1. The quantitative estimate of drug-likeness (QED) is 0.149. The molecule has 0 radical (unpaired) electrons. The van der Waals surface area contributed by atoms with E-state index in [1.165, 1.54) is 54.5 Å². The van der Waals surface area contributed by atoms with Crippen molar-refractivity contribution in [1.29, 1.82) is 0 Å². The average Bonchev–Trinajstić information content (AvgIpc) is 4.17. The Labute approximate surface area is 433 Å². The van der Waals surface area contributed by atoms with Crippen molar-refractivity contribution in [2.24, 2.45) is 0 Å². The maximum Gasteiger partial charge on any atom is 0.0717 e. The molecular formula is C71H46N4. The molecule has 11 aromatic carbocycles. The zero-order valence-electron chi connectivity index (χ0n) is 40.8. The molecule has 0 unspecified atom stereocenters. The summed E-state index contributed by atoms with van der Waals surface area (Å²) in [6.45, 7) is 0. The van der Waals surface area contributed by atoms with Gasteiger partial charge in [0.15, 0.2) is 0 Å². The molecule has 0 bridgehead atoms. The molecular weight excluding hydrogens is 909 g/mol. The van der Waals surface area contributed by atoms with Crippen LogP contribution in [0.4, 0.5) is 0 Å². The lowest BCUT2D eigenvalue weighted by molar-refractivity contribution is 1.13. The van der Waals surface area contributed by atoms with Crippen LogP contribution < -0.4 is 0 Å². The average molecular weight is 955 g/mol. The van der Waals surface area contributed by atoms with Crippen LogP contribution in [-0.2, 0) is 0 Å². The molecule has 0 aliphatic carbocycles. The zero-order chi connectivity index (χ0) is 49.4. The summed E-state index contributed by atoms with van der Waals surface area (Å²) >= 11 is 0. The van der Waals surface area contributed by atoms with Gasteiger partial charge in [0.2, 0.25) is 0 Å². The number of aromatic nitrogens is 4. The van der Waals surface area contributed by atoms with E-state index in [2.05, 4.69) is 293 Å². The predicted octanol–water partition coefficient (Wildman–Crippen LogP) is 18.7. The fourth-order valence-electron chi connectivity index (χ4n) is 11.7. The third-order valence-electron chi connectivity index (χ3n) is 15.2. The molecule has 0 aliphatic rings. The Morgan fingerprint density at radius 2 is 0.507 bits per heavy atom. The van der Waals surface area contributed by atoms with Gasteiger partial charge >= 0.3 is 0 Å². The molecule has 15 rings (SSSR count). The molecule has 15 aromatic rings. The van der Waals surface area contributed by atoms with E-state index in [1.54, 1.807) is 0 Å². The summed E-state index contributed by atoms with van der Waals surface area (Å²) in [7, 11) is 0. The Bertz CT molecular complexity index is 4400. The molecule has 75 heavy (non-hydrogen) atoms. The van der Waals surface area contributed by atoms with E-state index in [9.17, 15) is 0 Å². The number of benzene rings is 11. The van der Waals surface area contributed by atoms with E-state index >= 15 is 0 Å². The minimum Gasteiger partial charge on any atom is -0.309 e. The lowest BCUT2D eigenvalue weighted by Crippen LogP contribution is -2.01. The highest BCUT2D eigenvalue weighted by atomic mass is 15.0. The first-order valence-corrected chi connectivity index (χ1v) is 25.7. The summed E-state index contributed by atoms with van der Waals surface area (Å²) in [4.78, 5) is 5.59. The molecule has 0 N–H and O–H groups in total.